The lowest BCUT2D eigenvalue weighted by atomic mass is 9.90. The van der Waals surface area contributed by atoms with E-state index in [1.165, 1.54) is 0 Å². The van der Waals surface area contributed by atoms with Gasteiger partial charge in [0.05, 0.1) is 36.6 Å². The molecule has 2 aliphatic heterocycles. The number of nitrogens with zero attached hydrogens (tertiary/aromatic N) is 3. The number of aliphatic hydroxyl groups excluding tert-OH is 1. The Balaban J connectivity index is 1.58. The molecule has 1 amide bonds. The molecule has 3 rings (SSSR count). The van der Waals surface area contributed by atoms with Gasteiger partial charge in [-0.1, -0.05) is 0 Å². The molecule has 0 aromatic carbocycles. The summed E-state index contributed by atoms with van der Waals surface area (Å²) >= 11 is 0. The molecule has 0 spiro atoms. The lowest BCUT2D eigenvalue weighted by molar-refractivity contribution is 0.0586. The van der Waals surface area contributed by atoms with E-state index in [0.717, 1.165) is 38.0 Å². The molecule has 0 radical (unpaired) electrons. The number of carbonyl (C=O) groups excluding carboxylic acids is 1. The molecule has 1 aromatic rings. The fraction of sp³-hybridized carbons (Fsp3) is 0.750. The zero-order valence-electron chi connectivity index (χ0n) is 13.9. The smallest absolute Gasteiger partial charge is 0.254 e. The molecule has 128 valence electrons. The van der Waals surface area contributed by atoms with Gasteiger partial charge in [-0.3, -0.25) is 14.4 Å². The predicted octanol–water partition coefficient (Wildman–Crippen LogP) is -0.206. The first kappa shape index (κ1) is 16.4. The van der Waals surface area contributed by atoms with Crippen molar-refractivity contribution in [1.29, 1.82) is 0 Å². The summed E-state index contributed by atoms with van der Waals surface area (Å²) < 4.78 is 7.06. The summed E-state index contributed by atoms with van der Waals surface area (Å²) in [6.07, 6.45) is 4.39. The van der Waals surface area contributed by atoms with E-state index in [9.17, 15) is 9.90 Å². The van der Waals surface area contributed by atoms with E-state index < -0.39 is 0 Å². The summed E-state index contributed by atoms with van der Waals surface area (Å²) in [6.45, 7) is 3.02. The first-order valence-corrected chi connectivity index (χ1v) is 8.33. The number of rotatable bonds is 4. The highest BCUT2D eigenvalue weighted by Gasteiger charge is 2.34. The highest BCUT2D eigenvalue weighted by molar-refractivity contribution is 5.94. The van der Waals surface area contributed by atoms with Crippen LogP contribution in [-0.2, 0) is 18.2 Å². The third-order valence-corrected chi connectivity index (χ3v) is 5.00. The van der Waals surface area contributed by atoms with Crippen LogP contribution in [-0.4, -0.2) is 71.2 Å². The number of aliphatic hydroxyl groups is 1. The van der Waals surface area contributed by atoms with Gasteiger partial charge < -0.3 is 15.2 Å². The molecule has 23 heavy (non-hydrogen) atoms. The Morgan fingerprint density at radius 2 is 2.17 bits per heavy atom. The van der Waals surface area contributed by atoms with E-state index in [0.29, 0.717) is 24.7 Å². The van der Waals surface area contributed by atoms with Crippen LogP contribution in [0.4, 0.5) is 0 Å². The molecule has 3 heterocycles. The highest BCUT2D eigenvalue weighted by Crippen LogP contribution is 2.25. The van der Waals surface area contributed by atoms with Gasteiger partial charge in [-0.05, 0) is 38.3 Å². The van der Waals surface area contributed by atoms with E-state index >= 15 is 0 Å². The second kappa shape index (κ2) is 6.98. The van der Waals surface area contributed by atoms with Gasteiger partial charge in [0.2, 0.25) is 0 Å². The van der Waals surface area contributed by atoms with Gasteiger partial charge in [-0.2, -0.15) is 5.10 Å². The number of aryl methyl sites for hydroxylation is 1. The van der Waals surface area contributed by atoms with E-state index in [1.807, 2.05) is 7.05 Å². The number of carbonyl (C=O) groups is 1. The number of hydrogen-bond acceptors (Lipinski definition) is 5. The Labute approximate surface area is 136 Å². The fourth-order valence-electron chi connectivity index (χ4n) is 3.65. The molecule has 2 N–H and O–H groups in total. The molecule has 2 aliphatic rings. The van der Waals surface area contributed by atoms with Crippen LogP contribution >= 0.6 is 0 Å². The number of ether oxygens (including phenoxy) is 1. The van der Waals surface area contributed by atoms with Crippen LogP contribution in [0.2, 0.25) is 0 Å². The predicted molar refractivity (Wildman–Crippen MR) is 85.2 cm³/mol. The van der Waals surface area contributed by atoms with E-state index in [4.69, 9.17) is 4.74 Å². The summed E-state index contributed by atoms with van der Waals surface area (Å²) in [5.74, 6) is 0.459. The summed E-state index contributed by atoms with van der Waals surface area (Å²) in [5.41, 5.74) is 1.56. The van der Waals surface area contributed by atoms with Crippen molar-refractivity contribution in [3.63, 3.8) is 0 Å². The molecule has 7 nitrogen and oxygen atoms in total. The fourth-order valence-corrected chi connectivity index (χ4v) is 3.65. The normalized spacial score (nSPS) is 26.6. The van der Waals surface area contributed by atoms with Gasteiger partial charge in [-0.25, -0.2) is 0 Å². The zero-order valence-corrected chi connectivity index (χ0v) is 13.9. The third-order valence-electron chi connectivity index (χ3n) is 5.00. The van der Waals surface area contributed by atoms with Crippen LogP contribution in [0.5, 0.6) is 0 Å². The van der Waals surface area contributed by atoms with E-state index in [2.05, 4.69) is 15.3 Å². The van der Waals surface area contributed by atoms with Crippen LogP contribution in [0.1, 0.15) is 28.9 Å². The van der Waals surface area contributed by atoms with Gasteiger partial charge in [-0.15, -0.1) is 0 Å². The number of aromatic nitrogens is 2. The first-order valence-electron chi connectivity index (χ1n) is 8.33. The van der Waals surface area contributed by atoms with Crippen LogP contribution in [0.3, 0.4) is 0 Å². The Morgan fingerprint density at radius 3 is 2.78 bits per heavy atom. The molecule has 0 bridgehead atoms. The summed E-state index contributed by atoms with van der Waals surface area (Å²) in [5, 5.41) is 17.1. The third kappa shape index (κ3) is 3.57. The summed E-state index contributed by atoms with van der Waals surface area (Å²) in [4.78, 5) is 14.3. The van der Waals surface area contributed by atoms with Crippen LogP contribution in [0.25, 0.3) is 0 Å². The molecule has 1 aromatic heterocycles. The Bertz CT molecular complexity index is 552. The summed E-state index contributed by atoms with van der Waals surface area (Å²) in [6, 6.07) is 0.146. The number of nitrogens with one attached hydrogen (secondary N) is 1. The lowest BCUT2D eigenvalue weighted by Gasteiger charge is -2.36. The van der Waals surface area contributed by atoms with Crippen molar-refractivity contribution in [3.8, 4) is 0 Å². The van der Waals surface area contributed by atoms with Crippen molar-refractivity contribution in [1.82, 2.24) is 20.0 Å². The standard InChI is InChI=1S/C16H26N4O3/c1-17-16(22)12-8-19(2)18-13(12)7-11-3-5-20(6-4-11)14-9-23-10-15(14)21/h8,11,14-15,21H,3-7,9-10H2,1-2H3,(H,17,22)/t14-,15-/m0/s1. The van der Waals surface area contributed by atoms with E-state index in [1.54, 1.807) is 17.9 Å². The molecule has 0 unspecified atom stereocenters. The minimum atomic E-state index is -0.359. The molecule has 2 atom stereocenters. The second-order valence-electron chi connectivity index (χ2n) is 6.60. The van der Waals surface area contributed by atoms with Crippen molar-refractivity contribution in [2.24, 2.45) is 13.0 Å². The zero-order chi connectivity index (χ0) is 16.4. The maximum atomic E-state index is 11.9. The topological polar surface area (TPSA) is 79.6 Å². The van der Waals surface area contributed by atoms with Crippen LogP contribution in [0.15, 0.2) is 6.20 Å². The minimum Gasteiger partial charge on any atom is -0.389 e. The van der Waals surface area contributed by atoms with Crippen molar-refractivity contribution in [3.05, 3.63) is 17.5 Å². The summed E-state index contributed by atoms with van der Waals surface area (Å²) in [7, 11) is 3.49. The number of amides is 1. The van der Waals surface area contributed by atoms with Gasteiger partial charge in [0.1, 0.15) is 0 Å². The Kier molecular flexibility index (Phi) is 4.99. The molecular weight excluding hydrogens is 296 g/mol. The van der Waals surface area contributed by atoms with Crippen molar-refractivity contribution in [2.75, 3.05) is 33.4 Å². The monoisotopic (exact) mass is 322 g/mol. The van der Waals surface area contributed by atoms with Crippen molar-refractivity contribution >= 4 is 5.91 Å². The molecule has 2 fully saturated rings. The molecular formula is C16H26N4O3. The van der Waals surface area contributed by atoms with Crippen LogP contribution in [0, 0.1) is 5.92 Å². The number of hydrogen-bond donors (Lipinski definition) is 2. The average molecular weight is 322 g/mol. The minimum absolute atomic E-state index is 0.0724. The quantitative estimate of drug-likeness (QED) is 0.802. The average Bonchev–Trinajstić information content (AvgIpc) is 3.13. The largest absolute Gasteiger partial charge is 0.389 e. The van der Waals surface area contributed by atoms with Gasteiger partial charge >= 0.3 is 0 Å². The van der Waals surface area contributed by atoms with Crippen LogP contribution < -0.4 is 5.32 Å². The maximum Gasteiger partial charge on any atom is 0.254 e. The van der Waals surface area contributed by atoms with Gasteiger partial charge in [0.25, 0.3) is 5.91 Å². The Hall–Kier alpha value is -1.44. The van der Waals surface area contributed by atoms with E-state index in [-0.39, 0.29) is 18.1 Å². The number of piperidine rings is 1. The van der Waals surface area contributed by atoms with Crippen molar-refractivity contribution in [2.45, 2.75) is 31.4 Å². The lowest BCUT2D eigenvalue weighted by Crippen LogP contribution is -2.47. The second-order valence-corrected chi connectivity index (χ2v) is 6.60. The molecule has 2 saturated heterocycles. The highest BCUT2D eigenvalue weighted by atomic mass is 16.5. The SMILES string of the molecule is CNC(=O)c1cn(C)nc1CC1CCN([C@H]2COC[C@@H]2O)CC1. The number of likely N-dealkylation sites (tertiary alicyclic amines) is 1. The maximum absolute atomic E-state index is 11.9. The molecule has 0 saturated carbocycles. The van der Waals surface area contributed by atoms with Crippen molar-refractivity contribution < 1.29 is 14.6 Å². The van der Waals surface area contributed by atoms with Gasteiger partial charge in [0, 0.05) is 20.3 Å². The molecule has 0 aliphatic carbocycles. The Morgan fingerprint density at radius 1 is 1.43 bits per heavy atom. The molecule has 7 heteroatoms. The van der Waals surface area contributed by atoms with Gasteiger partial charge in [0.15, 0.2) is 0 Å². The first-order chi connectivity index (χ1) is 11.1.